The van der Waals surface area contributed by atoms with E-state index in [1.807, 2.05) is 36.5 Å². The van der Waals surface area contributed by atoms with Gasteiger partial charge in [0, 0.05) is 0 Å². The molecule has 0 aliphatic heterocycles. The summed E-state index contributed by atoms with van der Waals surface area (Å²) in [7, 11) is 0. The van der Waals surface area contributed by atoms with E-state index < -0.39 is 0 Å². The molecule has 0 radical (unpaired) electrons. The predicted octanol–water partition coefficient (Wildman–Crippen LogP) is 2.70. The third kappa shape index (κ3) is 2.64. The summed E-state index contributed by atoms with van der Waals surface area (Å²) in [5.74, 6) is 0. The summed E-state index contributed by atoms with van der Waals surface area (Å²) >= 11 is 0. The quantitative estimate of drug-likeness (QED) is 0.430. The molecule has 0 unspecified atom stereocenters. The van der Waals surface area contributed by atoms with Crippen LogP contribution < -0.4 is 5.32 Å². The van der Waals surface area contributed by atoms with Gasteiger partial charge in [0.15, 0.2) is 6.19 Å². The minimum absolute atomic E-state index is 0.895. The van der Waals surface area contributed by atoms with Gasteiger partial charge < -0.3 is 0 Å². The Morgan fingerprint density at radius 2 is 2.23 bits per heavy atom. The van der Waals surface area contributed by atoms with Crippen LogP contribution in [0.4, 0.5) is 5.69 Å². The first-order valence-electron chi connectivity index (χ1n) is 4.22. The van der Waals surface area contributed by atoms with Crippen molar-refractivity contribution in [2.24, 2.45) is 0 Å². The van der Waals surface area contributed by atoms with Crippen LogP contribution in [0, 0.1) is 11.5 Å². The number of hydrogen-bond donors (Lipinski definition) is 1. The molecule has 0 fully saturated rings. The Morgan fingerprint density at radius 1 is 1.46 bits per heavy atom. The van der Waals surface area contributed by atoms with Crippen molar-refractivity contribution in [3.05, 3.63) is 42.5 Å². The van der Waals surface area contributed by atoms with E-state index in [-0.39, 0.29) is 0 Å². The second-order valence-corrected chi connectivity index (χ2v) is 2.72. The van der Waals surface area contributed by atoms with Crippen LogP contribution in [0.25, 0.3) is 0 Å². The van der Waals surface area contributed by atoms with Gasteiger partial charge >= 0.3 is 0 Å². The monoisotopic (exact) mass is 172 g/mol. The molecule has 0 spiro atoms. The maximum absolute atomic E-state index is 8.49. The molecule has 1 N–H and O–H groups in total. The highest BCUT2D eigenvalue weighted by molar-refractivity contribution is 5.53. The lowest BCUT2D eigenvalue weighted by Crippen LogP contribution is -1.93. The van der Waals surface area contributed by atoms with Crippen molar-refractivity contribution in [3.63, 3.8) is 0 Å². The second kappa shape index (κ2) is 5.00. The fourth-order valence-corrected chi connectivity index (χ4v) is 1.18. The number of nitrogens with zero attached hydrogens (tertiary/aromatic N) is 1. The zero-order chi connectivity index (χ0) is 9.52. The highest BCUT2D eigenvalue weighted by Gasteiger charge is 1.98. The van der Waals surface area contributed by atoms with Gasteiger partial charge in [0.05, 0.1) is 5.69 Å². The molecule has 0 aromatic heterocycles. The van der Waals surface area contributed by atoms with Crippen molar-refractivity contribution in [2.75, 3.05) is 5.32 Å². The zero-order valence-corrected chi connectivity index (χ0v) is 7.46. The third-order valence-corrected chi connectivity index (χ3v) is 1.83. The van der Waals surface area contributed by atoms with Gasteiger partial charge in [-0.1, -0.05) is 24.3 Å². The van der Waals surface area contributed by atoms with Crippen LogP contribution >= 0.6 is 0 Å². The fraction of sp³-hybridized carbons (Fsp3) is 0.182. The number of nitriles is 1. The van der Waals surface area contributed by atoms with E-state index >= 15 is 0 Å². The number of hydrogen-bond acceptors (Lipinski definition) is 2. The molecule has 0 saturated heterocycles. The summed E-state index contributed by atoms with van der Waals surface area (Å²) in [5.41, 5.74) is 2.05. The number of aryl methyl sites for hydroxylation is 1. The van der Waals surface area contributed by atoms with Gasteiger partial charge in [0.25, 0.3) is 0 Å². The summed E-state index contributed by atoms with van der Waals surface area (Å²) in [4.78, 5) is 0. The maximum atomic E-state index is 8.49. The van der Waals surface area contributed by atoms with Crippen LogP contribution in [0.1, 0.15) is 12.0 Å². The van der Waals surface area contributed by atoms with E-state index in [2.05, 4.69) is 11.9 Å². The fourth-order valence-electron chi connectivity index (χ4n) is 1.18. The number of benzene rings is 1. The van der Waals surface area contributed by atoms with E-state index in [0.29, 0.717) is 0 Å². The lowest BCUT2D eigenvalue weighted by atomic mass is 10.1. The van der Waals surface area contributed by atoms with E-state index in [0.717, 1.165) is 24.1 Å². The molecule has 1 aromatic rings. The van der Waals surface area contributed by atoms with Crippen LogP contribution in [0.15, 0.2) is 36.9 Å². The average molecular weight is 172 g/mol. The highest BCUT2D eigenvalue weighted by Crippen LogP contribution is 2.16. The standard InChI is InChI=1S/C11H12N2/c1-2-3-6-10-7-4-5-8-11(10)13-9-12/h2,4-5,7-8,13H,1,3,6H2. The molecule has 0 atom stereocenters. The molecule has 13 heavy (non-hydrogen) atoms. The highest BCUT2D eigenvalue weighted by atomic mass is 14.9. The first kappa shape index (κ1) is 9.34. The van der Waals surface area contributed by atoms with Crippen LogP contribution in [0.5, 0.6) is 0 Å². The normalized spacial score (nSPS) is 8.85. The predicted molar refractivity (Wildman–Crippen MR) is 54.2 cm³/mol. The topological polar surface area (TPSA) is 35.8 Å². The van der Waals surface area contributed by atoms with Crippen LogP contribution in [0.2, 0.25) is 0 Å². The Kier molecular flexibility index (Phi) is 3.59. The van der Waals surface area contributed by atoms with Crippen molar-refractivity contribution in [2.45, 2.75) is 12.8 Å². The Labute approximate surface area is 78.5 Å². The van der Waals surface area contributed by atoms with E-state index in [4.69, 9.17) is 5.26 Å². The third-order valence-electron chi connectivity index (χ3n) is 1.83. The largest absolute Gasteiger partial charge is 0.293 e. The lowest BCUT2D eigenvalue weighted by Gasteiger charge is -2.04. The van der Waals surface area contributed by atoms with Gasteiger partial charge in [-0.3, -0.25) is 5.32 Å². The maximum Gasteiger partial charge on any atom is 0.181 e. The van der Waals surface area contributed by atoms with Crippen molar-refractivity contribution in [1.82, 2.24) is 0 Å². The molecule has 0 saturated carbocycles. The molecular weight excluding hydrogens is 160 g/mol. The van der Waals surface area contributed by atoms with Crippen molar-refractivity contribution in [3.8, 4) is 6.19 Å². The minimum Gasteiger partial charge on any atom is -0.293 e. The smallest absolute Gasteiger partial charge is 0.181 e. The summed E-state index contributed by atoms with van der Waals surface area (Å²) < 4.78 is 0. The van der Waals surface area contributed by atoms with Gasteiger partial charge in [-0.2, -0.15) is 5.26 Å². The number of para-hydroxylation sites is 1. The first-order valence-corrected chi connectivity index (χ1v) is 4.22. The summed E-state index contributed by atoms with van der Waals surface area (Å²) in [6.07, 6.45) is 5.66. The summed E-state index contributed by atoms with van der Waals surface area (Å²) in [6.45, 7) is 3.67. The lowest BCUT2D eigenvalue weighted by molar-refractivity contribution is 1.01. The Hall–Kier alpha value is -1.75. The second-order valence-electron chi connectivity index (χ2n) is 2.72. The Balaban J connectivity index is 2.79. The average Bonchev–Trinajstić information content (AvgIpc) is 2.17. The molecular formula is C11H12N2. The van der Waals surface area contributed by atoms with Crippen molar-refractivity contribution in [1.29, 1.82) is 5.26 Å². The first-order chi connectivity index (χ1) is 6.38. The molecule has 0 heterocycles. The number of allylic oxidation sites excluding steroid dienone is 1. The van der Waals surface area contributed by atoms with Crippen molar-refractivity contribution >= 4 is 5.69 Å². The van der Waals surface area contributed by atoms with E-state index in [1.54, 1.807) is 0 Å². The van der Waals surface area contributed by atoms with E-state index in [1.165, 1.54) is 0 Å². The van der Waals surface area contributed by atoms with Crippen LogP contribution in [0.3, 0.4) is 0 Å². The molecule has 1 aromatic carbocycles. The van der Waals surface area contributed by atoms with E-state index in [9.17, 15) is 0 Å². The van der Waals surface area contributed by atoms with Gasteiger partial charge in [0.1, 0.15) is 0 Å². The molecule has 1 rings (SSSR count). The summed E-state index contributed by atoms with van der Waals surface area (Å²) in [5, 5.41) is 11.1. The Morgan fingerprint density at radius 3 is 2.92 bits per heavy atom. The molecule has 0 aliphatic carbocycles. The Bertz CT molecular complexity index is 323. The zero-order valence-electron chi connectivity index (χ0n) is 7.46. The minimum atomic E-state index is 0.895. The van der Waals surface area contributed by atoms with Crippen molar-refractivity contribution < 1.29 is 0 Å². The molecule has 66 valence electrons. The molecule has 0 aliphatic rings. The van der Waals surface area contributed by atoms with Crippen LogP contribution in [-0.4, -0.2) is 0 Å². The van der Waals surface area contributed by atoms with Gasteiger partial charge in [-0.25, -0.2) is 0 Å². The number of nitrogens with one attached hydrogen (secondary N) is 1. The molecule has 0 bridgehead atoms. The molecule has 2 heteroatoms. The SMILES string of the molecule is C=CCCc1ccccc1NC#N. The molecule has 0 amide bonds. The van der Waals surface area contributed by atoms with Crippen LogP contribution in [-0.2, 0) is 6.42 Å². The number of anilines is 1. The molecule has 2 nitrogen and oxygen atoms in total. The summed E-state index contributed by atoms with van der Waals surface area (Å²) in [6, 6.07) is 7.81. The van der Waals surface area contributed by atoms with Gasteiger partial charge in [-0.15, -0.1) is 6.58 Å². The number of rotatable bonds is 4. The van der Waals surface area contributed by atoms with Gasteiger partial charge in [-0.05, 0) is 24.5 Å². The van der Waals surface area contributed by atoms with Gasteiger partial charge in [0.2, 0.25) is 0 Å².